The van der Waals surface area contributed by atoms with E-state index in [4.69, 9.17) is 4.74 Å². The fourth-order valence-electron chi connectivity index (χ4n) is 1.21. The predicted octanol–water partition coefficient (Wildman–Crippen LogP) is 0.941. The van der Waals surface area contributed by atoms with Crippen LogP contribution >= 0.6 is 0 Å². The van der Waals surface area contributed by atoms with Crippen molar-refractivity contribution in [1.82, 2.24) is 5.32 Å². The summed E-state index contributed by atoms with van der Waals surface area (Å²) in [7, 11) is 0. The summed E-state index contributed by atoms with van der Waals surface area (Å²) in [6.45, 7) is 8.55. The zero-order valence-electron chi connectivity index (χ0n) is 6.52. The number of rotatable bonds is 2. The smallest absolute Gasteiger partial charge is 0.0813 e. The van der Waals surface area contributed by atoms with Gasteiger partial charge in [-0.05, 0) is 13.3 Å². The average molecular weight is 141 g/mol. The first-order valence-corrected chi connectivity index (χ1v) is 3.72. The van der Waals surface area contributed by atoms with E-state index in [0.717, 1.165) is 26.1 Å². The molecule has 2 nitrogen and oxygen atoms in total. The van der Waals surface area contributed by atoms with Crippen LogP contribution in [-0.4, -0.2) is 25.3 Å². The van der Waals surface area contributed by atoms with Gasteiger partial charge in [0, 0.05) is 13.1 Å². The maximum atomic E-state index is 5.57. The maximum Gasteiger partial charge on any atom is 0.0813 e. The van der Waals surface area contributed by atoms with Crippen LogP contribution in [0.2, 0.25) is 0 Å². The van der Waals surface area contributed by atoms with Crippen LogP contribution in [0, 0.1) is 0 Å². The van der Waals surface area contributed by atoms with E-state index in [1.165, 1.54) is 0 Å². The van der Waals surface area contributed by atoms with Crippen molar-refractivity contribution in [2.75, 3.05) is 19.7 Å². The van der Waals surface area contributed by atoms with Gasteiger partial charge in [0.15, 0.2) is 0 Å². The Balaban J connectivity index is 2.39. The molecule has 1 fully saturated rings. The van der Waals surface area contributed by atoms with E-state index in [-0.39, 0.29) is 5.60 Å². The first-order valence-electron chi connectivity index (χ1n) is 3.72. The van der Waals surface area contributed by atoms with Gasteiger partial charge < -0.3 is 10.1 Å². The summed E-state index contributed by atoms with van der Waals surface area (Å²) in [5, 5.41) is 3.29. The van der Waals surface area contributed by atoms with Crippen molar-refractivity contribution in [3.8, 4) is 0 Å². The lowest BCUT2D eigenvalue weighted by atomic mass is 10.0. The molecule has 0 spiro atoms. The normalized spacial score (nSPS) is 33.7. The molecule has 0 aromatic rings. The first-order chi connectivity index (χ1) is 4.77. The van der Waals surface area contributed by atoms with Crippen molar-refractivity contribution in [2.45, 2.75) is 18.9 Å². The second kappa shape index (κ2) is 3.17. The Morgan fingerprint density at radius 1 is 1.80 bits per heavy atom. The van der Waals surface area contributed by atoms with Gasteiger partial charge in [-0.25, -0.2) is 0 Å². The third-order valence-corrected chi connectivity index (χ3v) is 1.80. The standard InChI is InChI=1S/C8H15NO/c1-3-4-8(2)7-9-5-6-10-8/h3,9H,1,4-7H2,2H3/t8-/m0/s1. The van der Waals surface area contributed by atoms with Crippen LogP contribution in [0.25, 0.3) is 0 Å². The zero-order valence-corrected chi connectivity index (χ0v) is 6.52. The van der Waals surface area contributed by atoms with E-state index < -0.39 is 0 Å². The van der Waals surface area contributed by atoms with E-state index in [9.17, 15) is 0 Å². The van der Waals surface area contributed by atoms with Crippen LogP contribution in [0.5, 0.6) is 0 Å². The summed E-state index contributed by atoms with van der Waals surface area (Å²) >= 11 is 0. The monoisotopic (exact) mass is 141 g/mol. The van der Waals surface area contributed by atoms with Gasteiger partial charge in [0.2, 0.25) is 0 Å². The lowest BCUT2D eigenvalue weighted by Crippen LogP contribution is -2.47. The van der Waals surface area contributed by atoms with Crippen LogP contribution in [0.4, 0.5) is 0 Å². The van der Waals surface area contributed by atoms with Crippen LogP contribution in [0.1, 0.15) is 13.3 Å². The molecule has 0 aromatic heterocycles. The Labute approximate surface area is 62.3 Å². The van der Waals surface area contributed by atoms with Gasteiger partial charge in [-0.15, -0.1) is 6.58 Å². The summed E-state index contributed by atoms with van der Waals surface area (Å²) in [4.78, 5) is 0. The lowest BCUT2D eigenvalue weighted by molar-refractivity contribution is -0.0498. The molecule has 10 heavy (non-hydrogen) atoms. The minimum Gasteiger partial charge on any atom is -0.372 e. The number of hydrogen-bond acceptors (Lipinski definition) is 2. The summed E-state index contributed by atoms with van der Waals surface area (Å²) in [6.07, 6.45) is 2.84. The van der Waals surface area contributed by atoms with Gasteiger partial charge in [-0.1, -0.05) is 6.08 Å². The van der Waals surface area contributed by atoms with Gasteiger partial charge in [0.05, 0.1) is 12.2 Å². The molecule has 0 saturated carbocycles. The molecular weight excluding hydrogens is 126 g/mol. The third kappa shape index (κ3) is 1.82. The van der Waals surface area contributed by atoms with Crippen molar-refractivity contribution >= 4 is 0 Å². The molecule has 0 radical (unpaired) electrons. The van der Waals surface area contributed by atoms with Crippen molar-refractivity contribution in [3.05, 3.63) is 12.7 Å². The molecule has 58 valence electrons. The lowest BCUT2D eigenvalue weighted by Gasteiger charge is -2.33. The number of nitrogens with one attached hydrogen (secondary N) is 1. The molecular formula is C8H15NO. The molecule has 0 unspecified atom stereocenters. The van der Waals surface area contributed by atoms with Gasteiger partial charge in [-0.3, -0.25) is 0 Å². The van der Waals surface area contributed by atoms with Crippen molar-refractivity contribution in [3.63, 3.8) is 0 Å². The van der Waals surface area contributed by atoms with Crippen LogP contribution in [0.3, 0.4) is 0 Å². The molecule has 1 N–H and O–H groups in total. The average Bonchev–Trinajstić information content (AvgIpc) is 1.89. The highest BCUT2D eigenvalue weighted by Crippen LogP contribution is 2.16. The van der Waals surface area contributed by atoms with Crippen LogP contribution in [-0.2, 0) is 4.74 Å². The Morgan fingerprint density at radius 3 is 3.10 bits per heavy atom. The van der Waals surface area contributed by atoms with Crippen molar-refractivity contribution in [2.24, 2.45) is 0 Å². The molecule has 1 aliphatic heterocycles. The van der Waals surface area contributed by atoms with Crippen molar-refractivity contribution in [1.29, 1.82) is 0 Å². The fraction of sp³-hybridized carbons (Fsp3) is 0.750. The first kappa shape index (κ1) is 7.76. The zero-order chi connectivity index (χ0) is 7.45. The topological polar surface area (TPSA) is 21.3 Å². The van der Waals surface area contributed by atoms with Gasteiger partial charge in [0.1, 0.15) is 0 Å². The highest BCUT2D eigenvalue weighted by atomic mass is 16.5. The second-order valence-electron chi connectivity index (χ2n) is 2.97. The van der Waals surface area contributed by atoms with E-state index in [2.05, 4.69) is 18.8 Å². The molecule has 1 saturated heterocycles. The second-order valence-corrected chi connectivity index (χ2v) is 2.97. The van der Waals surface area contributed by atoms with Gasteiger partial charge in [0.25, 0.3) is 0 Å². The van der Waals surface area contributed by atoms with Crippen molar-refractivity contribution < 1.29 is 4.74 Å². The van der Waals surface area contributed by atoms with E-state index >= 15 is 0 Å². The fourth-order valence-corrected chi connectivity index (χ4v) is 1.21. The van der Waals surface area contributed by atoms with Crippen LogP contribution in [0.15, 0.2) is 12.7 Å². The third-order valence-electron chi connectivity index (χ3n) is 1.80. The number of ether oxygens (including phenoxy) is 1. The maximum absolute atomic E-state index is 5.57. The Hall–Kier alpha value is -0.340. The molecule has 1 heterocycles. The molecule has 0 aliphatic carbocycles. The molecule has 0 aromatic carbocycles. The highest BCUT2D eigenvalue weighted by molar-refractivity contribution is 4.88. The molecule has 1 rings (SSSR count). The van der Waals surface area contributed by atoms with E-state index in [0.29, 0.717) is 0 Å². The Bertz CT molecular complexity index is 116. The molecule has 1 atom stereocenters. The summed E-state index contributed by atoms with van der Waals surface area (Å²) in [5.74, 6) is 0. The largest absolute Gasteiger partial charge is 0.372 e. The van der Waals surface area contributed by atoms with Gasteiger partial charge in [-0.2, -0.15) is 0 Å². The molecule has 0 amide bonds. The Morgan fingerprint density at radius 2 is 2.60 bits per heavy atom. The minimum absolute atomic E-state index is 0. The van der Waals surface area contributed by atoms with Crippen LogP contribution < -0.4 is 5.32 Å². The summed E-state index contributed by atoms with van der Waals surface area (Å²) in [5.41, 5.74) is 0. The summed E-state index contributed by atoms with van der Waals surface area (Å²) in [6, 6.07) is 0. The SMILES string of the molecule is C=CC[C@@]1(C)CNCCO1. The minimum atomic E-state index is 0. The molecule has 2 heteroatoms. The number of morpholine rings is 1. The molecule has 1 aliphatic rings. The van der Waals surface area contributed by atoms with Gasteiger partial charge >= 0.3 is 0 Å². The number of hydrogen-bond donors (Lipinski definition) is 1. The molecule has 0 bridgehead atoms. The highest BCUT2D eigenvalue weighted by Gasteiger charge is 2.25. The Kier molecular flexibility index (Phi) is 2.46. The van der Waals surface area contributed by atoms with E-state index in [1.54, 1.807) is 0 Å². The predicted molar refractivity (Wildman–Crippen MR) is 42.0 cm³/mol. The summed E-state index contributed by atoms with van der Waals surface area (Å²) < 4.78 is 5.57. The quantitative estimate of drug-likeness (QED) is 0.578. The van der Waals surface area contributed by atoms with E-state index in [1.807, 2.05) is 6.08 Å².